The highest BCUT2D eigenvalue weighted by atomic mass is 16.5. The average Bonchev–Trinajstić information content (AvgIpc) is 2.99. The van der Waals surface area contributed by atoms with Crippen molar-refractivity contribution in [2.75, 3.05) is 19.8 Å². The van der Waals surface area contributed by atoms with Gasteiger partial charge in [0.05, 0.1) is 19.8 Å². The van der Waals surface area contributed by atoms with Gasteiger partial charge in [-0.15, -0.1) is 0 Å². The van der Waals surface area contributed by atoms with Crippen LogP contribution in [0.25, 0.3) is 0 Å². The van der Waals surface area contributed by atoms with Crippen molar-refractivity contribution in [1.82, 2.24) is 0 Å². The summed E-state index contributed by atoms with van der Waals surface area (Å²) >= 11 is 0. The molecule has 0 saturated carbocycles. The molecule has 0 amide bonds. The quantitative estimate of drug-likeness (QED) is 0.628. The van der Waals surface area contributed by atoms with E-state index in [0.717, 1.165) is 51.9 Å². The minimum Gasteiger partial charge on any atom is -0.481 e. The molecule has 1 saturated heterocycles. The second-order valence-corrected chi connectivity index (χ2v) is 6.40. The van der Waals surface area contributed by atoms with Crippen LogP contribution in [-0.4, -0.2) is 30.9 Å². The molecule has 0 bridgehead atoms. The van der Waals surface area contributed by atoms with Crippen molar-refractivity contribution in [2.45, 2.75) is 45.1 Å². The molecule has 0 aliphatic carbocycles. The molecule has 2 atom stereocenters. The predicted octanol–water partition coefficient (Wildman–Crippen LogP) is 3.89. The summed E-state index contributed by atoms with van der Waals surface area (Å²) in [5, 5.41) is 8.61. The highest BCUT2D eigenvalue weighted by molar-refractivity contribution is 5.66. The largest absolute Gasteiger partial charge is 0.481 e. The number of carboxylic acids is 1. The smallest absolute Gasteiger partial charge is 0.303 e. The molecule has 1 aliphatic heterocycles. The Labute approximate surface area is 138 Å². The molecule has 4 nitrogen and oxygen atoms in total. The van der Waals surface area contributed by atoms with E-state index in [1.807, 2.05) is 18.2 Å². The van der Waals surface area contributed by atoms with Crippen molar-refractivity contribution in [2.24, 2.45) is 11.8 Å². The second kappa shape index (κ2) is 10.4. The van der Waals surface area contributed by atoms with E-state index >= 15 is 0 Å². The van der Waals surface area contributed by atoms with Gasteiger partial charge in [-0.3, -0.25) is 4.79 Å². The van der Waals surface area contributed by atoms with Gasteiger partial charge in [-0.25, -0.2) is 0 Å². The molecular weight excluding hydrogens is 292 g/mol. The Morgan fingerprint density at radius 1 is 1.09 bits per heavy atom. The zero-order valence-electron chi connectivity index (χ0n) is 13.8. The molecule has 0 aromatic heterocycles. The van der Waals surface area contributed by atoms with E-state index in [2.05, 4.69) is 12.1 Å². The molecule has 0 unspecified atom stereocenters. The zero-order valence-corrected chi connectivity index (χ0v) is 13.8. The minimum absolute atomic E-state index is 0.294. The fourth-order valence-electron chi connectivity index (χ4n) is 3.08. The Hall–Kier alpha value is -1.39. The van der Waals surface area contributed by atoms with Crippen LogP contribution in [0.3, 0.4) is 0 Å². The summed E-state index contributed by atoms with van der Waals surface area (Å²) in [5.41, 5.74) is 1.21. The van der Waals surface area contributed by atoms with Gasteiger partial charge in [0.15, 0.2) is 0 Å². The number of rotatable bonds is 11. The standard InChI is InChI=1S/C19H28O4/c20-19(21)11-7-2-1-6-10-17-13-23-15-18(17)14-22-12-16-8-4-3-5-9-16/h3-5,8-9,17-18H,1-2,6-7,10-15H2,(H,20,21)/t17-,18-/m0/s1. The van der Waals surface area contributed by atoms with Gasteiger partial charge in [0.1, 0.15) is 0 Å². The Morgan fingerprint density at radius 2 is 1.83 bits per heavy atom. The molecule has 23 heavy (non-hydrogen) atoms. The number of aliphatic carboxylic acids is 1. The van der Waals surface area contributed by atoms with Crippen LogP contribution in [0, 0.1) is 11.8 Å². The summed E-state index contributed by atoms with van der Waals surface area (Å²) < 4.78 is 11.5. The van der Waals surface area contributed by atoms with Crippen LogP contribution in [-0.2, 0) is 20.9 Å². The minimum atomic E-state index is -0.690. The van der Waals surface area contributed by atoms with Gasteiger partial charge < -0.3 is 14.6 Å². The van der Waals surface area contributed by atoms with Gasteiger partial charge in [-0.2, -0.15) is 0 Å². The number of carbonyl (C=O) groups is 1. The molecule has 4 heteroatoms. The molecule has 2 rings (SSSR count). The van der Waals surface area contributed by atoms with Crippen LogP contribution >= 0.6 is 0 Å². The molecule has 1 N–H and O–H groups in total. The van der Waals surface area contributed by atoms with E-state index in [1.54, 1.807) is 0 Å². The second-order valence-electron chi connectivity index (χ2n) is 6.40. The third kappa shape index (κ3) is 7.14. The van der Waals surface area contributed by atoms with Crippen molar-refractivity contribution < 1.29 is 19.4 Å². The molecule has 0 radical (unpaired) electrons. The number of hydrogen-bond acceptors (Lipinski definition) is 3. The van der Waals surface area contributed by atoms with E-state index in [0.29, 0.717) is 24.9 Å². The molecule has 1 fully saturated rings. The van der Waals surface area contributed by atoms with Gasteiger partial charge in [-0.05, 0) is 24.3 Å². The lowest BCUT2D eigenvalue weighted by Gasteiger charge is -2.17. The lowest BCUT2D eigenvalue weighted by Crippen LogP contribution is -2.18. The maximum absolute atomic E-state index is 10.5. The Morgan fingerprint density at radius 3 is 2.61 bits per heavy atom. The lowest BCUT2D eigenvalue weighted by molar-refractivity contribution is -0.137. The number of benzene rings is 1. The van der Waals surface area contributed by atoms with E-state index < -0.39 is 5.97 Å². The van der Waals surface area contributed by atoms with Crippen LogP contribution in [0.4, 0.5) is 0 Å². The molecular formula is C19H28O4. The third-order valence-electron chi connectivity index (χ3n) is 4.49. The first kappa shape index (κ1) is 18.0. The fraction of sp³-hybridized carbons (Fsp3) is 0.632. The summed E-state index contributed by atoms with van der Waals surface area (Å²) in [7, 11) is 0. The Kier molecular flexibility index (Phi) is 8.12. The summed E-state index contributed by atoms with van der Waals surface area (Å²) in [4.78, 5) is 10.5. The monoisotopic (exact) mass is 320 g/mol. The van der Waals surface area contributed by atoms with E-state index in [4.69, 9.17) is 14.6 Å². The van der Waals surface area contributed by atoms with Gasteiger partial charge >= 0.3 is 5.97 Å². The SMILES string of the molecule is O=C(O)CCCCCC[C@H]1COC[C@@H]1COCc1ccccc1. The third-order valence-corrected chi connectivity index (χ3v) is 4.49. The normalized spacial score (nSPS) is 20.7. The van der Waals surface area contributed by atoms with Crippen molar-refractivity contribution >= 4 is 5.97 Å². The van der Waals surface area contributed by atoms with Crippen LogP contribution < -0.4 is 0 Å². The summed E-state index contributed by atoms with van der Waals surface area (Å²) in [6.45, 7) is 3.07. The van der Waals surface area contributed by atoms with E-state index in [-0.39, 0.29) is 0 Å². The predicted molar refractivity (Wildman–Crippen MR) is 89.2 cm³/mol. The average molecular weight is 320 g/mol. The van der Waals surface area contributed by atoms with Gasteiger partial charge in [0, 0.05) is 18.9 Å². The van der Waals surface area contributed by atoms with Gasteiger partial charge in [-0.1, -0.05) is 49.6 Å². The van der Waals surface area contributed by atoms with Crippen LogP contribution in [0.2, 0.25) is 0 Å². The topological polar surface area (TPSA) is 55.8 Å². The van der Waals surface area contributed by atoms with Gasteiger partial charge in [0.25, 0.3) is 0 Å². The number of unbranched alkanes of at least 4 members (excludes halogenated alkanes) is 3. The molecule has 1 heterocycles. The van der Waals surface area contributed by atoms with Crippen LogP contribution in [0.5, 0.6) is 0 Å². The maximum Gasteiger partial charge on any atom is 0.303 e. The van der Waals surface area contributed by atoms with Crippen molar-refractivity contribution in [3.63, 3.8) is 0 Å². The van der Waals surface area contributed by atoms with Crippen molar-refractivity contribution in [3.8, 4) is 0 Å². The first-order valence-corrected chi connectivity index (χ1v) is 8.67. The summed E-state index contributed by atoms with van der Waals surface area (Å²) in [5.74, 6) is 0.396. The maximum atomic E-state index is 10.5. The van der Waals surface area contributed by atoms with Crippen molar-refractivity contribution in [1.29, 1.82) is 0 Å². The van der Waals surface area contributed by atoms with E-state index in [1.165, 1.54) is 5.56 Å². The molecule has 1 aliphatic rings. The van der Waals surface area contributed by atoms with Crippen molar-refractivity contribution in [3.05, 3.63) is 35.9 Å². The Balaban J connectivity index is 1.56. The first-order chi connectivity index (χ1) is 11.3. The first-order valence-electron chi connectivity index (χ1n) is 8.67. The summed E-state index contributed by atoms with van der Waals surface area (Å²) in [6, 6.07) is 10.2. The highest BCUT2D eigenvalue weighted by Crippen LogP contribution is 2.26. The molecule has 0 spiro atoms. The molecule has 1 aromatic carbocycles. The van der Waals surface area contributed by atoms with Crippen LogP contribution in [0.1, 0.15) is 44.1 Å². The van der Waals surface area contributed by atoms with E-state index in [9.17, 15) is 4.79 Å². The Bertz CT molecular complexity index is 446. The molecule has 128 valence electrons. The van der Waals surface area contributed by atoms with Gasteiger partial charge in [0.2, 0.25) is 0 Å². The number of carboxylic acid groups (broad SMARTS) is 1. The summed E-state index contributed by atoms with van der Waals surface area (Å²) in [6.07, 6.45) is 5.52. The molecule has 1 aromatic rings. The lowest BCUT2D eigenvalue weighted by atomic mass is 9.91. The number of hydrogen-bond donors (Lipinski definition) is 1. The van der Waals surface area contributed by atoms with Crippen LogP contribution in [0.15, 0.2) is 30.3 Å². The zero-order chi connectivity index (χ0) is 16.3. The fourth-order valence-corrected chi connectivity index (χ4v) is 3.08. The number of ether oxygens (including phenoxy) is 2. The highest BCUT2D eigenvalue weighted by Gasteiger charge is 2.27.